The van der Waals surface area contributed by atoms with Gasteiger partial charge in [-0.3, -0.25) is 4.79 Å². The first kappa shape index (κ1) is 22.6. The van der Waals surface area contributed by atoms with Crippen LogP contribution in [-0.4, -0.2) is 31.7 Å². The molecule has 2 aromatic carbocycles. The van der Waals surface area contributed by atoms with E-state index in [0.29, 0.717) is 13.1 Å². The minimum Gasteiger partial charge on any atom is -0.326 e. The third-order valence-corrected chi connectivity index (χ3v) is 7.15. The van der Waals surface area contributed by atoms with Crippen LogP contribution < -0.4 is 5.32 Å². The largest absolute Gasteiger partial charge is 0.416 e. The number of nitrogens with one attached hydrogen (secondary N) is 1. The predicted octanol–water partition coefficient (Wildman–Crippen LogP) is 4.71. The van der Waals surface area contributed by atoms with Gasteiger partial charge in [0.05, 0.1) is 17.0 Å². The van der Waals surface area contributed by atoms with Gasteiger partial charge in [0.25, 0.3) is 0 Å². The third kappa shape index (κ3) is 5.33. The van der Waals surface area contributed by atoms with Crippen LogP contribution in [0.25, 0.3) is 0 Å². The molecule has 1 aliphatic rings. The van der Waals surface area contributed by atoms with Crippen molar-refractivity contribution in [3.8, 4) is 0 Å². The summed E-state index contributed by atoms with van der Waals surface area (Å²) in [5, 5.41) is 2.57. The molecule has 30 heavy (non-hydrogen) atoms. The highest BCUT2D eigenvalue weighted by atomic mass is 35.5. The molecule has 1 amide bonds. The first-order chi connectivity index (χ1) is 14.1. The molecule has 3 rings (SSSR count). The van der Waals surface area contributed by atoms with Gasteiger partial charge in [-0.25, -0.2) is 8.42 Å². The normalized spacial score (nSPS) is 15.7. The van der Waals surface area contributed by atoms with Crippen molar-refractivity contribution < 1.29 is 26.4 Å². The maximum atomic E-state index is 12.9. The second-order valence-electron chi connectivity index (χ2n) is 7.03. The van der Waals surface area contributed by atoms with Gasteiger partial charge in [-0.2, -0.15) is 17.5 Å². The molecule has 1 saturated heterocycles. The number of carbonyl (C=O) groups excluding carboxylic acids is 1. The number of benzene rings is 2. The lowest BCUT2D eigenvalue weighted by molar-refractivity contribution is -0.137. The maximum absolute atomic E-state index is 12.9. The lowest BCUT2D eigenvalue weighted by Crippen LogP contribution is -2.35. The Morgan fingerprint density at radius 2 is 1.77 bits per heavy atom. The molecule has 0 aromatic heterocycles. The summed E-state index contributed by atoms with van der Waals surface area (Å²) >= 11 is 6.10. The molecule has 1 aliphatic heterocycles. The molecular formula is C20H20ClF3N2O3S. The number of hydrogen-bond acceptors (Lipinski definition) is 3. The van der Waals surface area contributed by atoms with E-state index in [9.17, 15) is 26.4 Å². The molecule has 10 heteroatoms. The topological polar surface area (TPSA) is 66.5 Å². The van der Waals surface area contributed by atoms with Crippen molar-refractivity contribution >= 4 is 33.2 Å². The van der Waals surface area contributed by atoms with Gasteiger partial charge < -0.3 is 5.32 Å². The Balaban J connectivity index is 1.76. The fraction of sp³-hybridized carbons (Fsp3) is 0.350. The SMILES string of the molecule is O=C(Cc1cccc(C(F)(F)F)c1)Nc1ccc(Cl)c(S(=O)(=O)N2CCCCC2)c1. The molecule has 0 spiro atoms. The molecule has 0 aliphatic carbocycles. The van der Waals surface area contributed by atoms with E-state index in [1.54, 1.807) is 0 Å². The van der Waals surface area contributed by atoms with Crippen molar-refractivity contribution in [3.63, 3.8) is 0 Å². The number of nitrogens with zero attached hydrogens (tertiary/aromatic N) is 1. The van der Waals surface area contributed by atoms with Crippen molar-refractivity contribution in [1.82, 2.24) is 4.31 Å². The first-order valence-corrected chi connectivity index (χ1v) is 11.1. The van der Waals surface area contributed by atoms with Gasteiger partial charge in [0.2, 0.25) is 15.9 Å². The standard InChI is InChI=1S/C20H20ClF3N2O3S/c21-17-8-7-16(13-18(17)30(28,29)26-9-2-1-3-10-26)25-19(27)12-14-5-4-6-15(11-14)20(22,23)24/h4-8,11,13H,1-3,9-10,12H2,(H,25,27). The van der Waals surface area contributed by atoms with Gasteiger partial charge in [-0.1, -0.05) is 36.2 Å². The van der Waals surface area contributed by atoms with Crippen LogP contribution in [0.1, 0.15) is 30.4 Å². The first-order valence-electron chi connectivity index (χ1n) is 9.33. The Kier molecular flexibility index (Phi) is 6.74. The van der Waals surface area contributed by atoms with Crippen LogP contribution in [0.5, 0.6) is 0 Å². The summed E-state index contributed by atoms with van der Waals surface area (Å²) in [5.41, 5.74) is -0.446. The molecule has 162 valence electrons. The Bertz CT molecular complexity index is 1040. The number of halogens is 4. The smallest absolute Gasteiger partial charge is 0.326 e. The van der Waals surface area contributed by atoms with E-state index in [2.05, 4.69) is 5.32 Å². The maximum Gasteiger partial charge on any atom is 0.416 e. The molecule has 1 N–H and O–H groups in total. The average Bonchev–Trinajstić information content (AvgIpc) is 2.69. The van der Waals surface area contributed by atoms with E-state index in [0.717, 1.165) is 31.4 Å². The average molecular weight is 461 g/mol. The van der Waals surface area contributed by atoms with Crippen LogP contribution >= 0.6 is 11.6 Å². The minimum absolute atomic E-state index is 0.0384. The summed E-state index contributed by atoms with van der Waals surface area (Å²) in [4.78, 5) is 12.2. The van der Waals surface area contributed by atoms with Crippen molar-refractivity contribution in [2.75, 3.05) is 18.4 Å². The molecule has 5 nitrogen and oxygen atoms in total. The van der Waals surface area contributed by atoms with Crippen LogP contribution in [0, 0.1) is 0 Å². The van der Waals surface area contributed by atoms with Crippen LogP contribution in [0.3, 0.4) is 0 Å². The van der Waals surface area contributed by atoms with Crippen LogP contribution in [0.15, 0.2) is 47.4 Å². The lowest BCUT2D eigenvalue weighted by atomic mass is 10.1. The van der Waals surface area contributed by atoms with Gasteiger partial charge in [0, 0.05) is 18.8 Å². The highest BCUT2D eigenvalue weighted by molar-refractivity contribution is 7.89. The fourth-order valence-corrected chi connectivity index (χ4v) is 5.29. The Hall–Kier alpha value is -2.10. The molecular weight excluding hydrogens is 441 g/mol. The van der Waals surface area contributed by atoms with Crippen molar-refractivity contribution in [2.45, 2.75) is 36.8 Å². The highest BCUT2D eigenvalue weighted by Gasteiger charge is 2.31. The van der Waals surface area contributed by atoms with Crippen molar-refractivity contribution in [2.24, 2.45) is 0 Å². The molecule has 0 radical (unpaired) electrons. The second-order valence-corrected chi connectivity index (χ2v) is 9.35. The zero-order valence-corrected chi connectivity index (χ0v) is 17.4. The van der Waals surface area contributed by atoms with Gasteiger partial charge in [0.15, 0.2) is 0 Å². The van der Waals surface area contributed by atoms with Gasteiger partial charge in [-0.05, 0) is 42.7 Å². The molecule has 2 aromatic rings. The number of sulfonamides is 1. The summed E-state index contributed by atoms with van der Waals surface area (Å²) in [5.74, 6) is -0.571. The highest BCUT2D eigenvalue weighted by Crippen LogP contribution is 2.31. The van der Waals surface area contributed by atoms with E-state index < -0.39 is 27.7 Å². The second kappa shape index (κ2) is 8.95. The van der Waals surface area contributed by atoms with E-state index in [1.165, 1.54) is 34.6 Å². The number of rotatable bonds is 5. The molecule has 0 saturated carbocycles. The van der Waals surface area contributed by atoms with Crippen LogP contribution in [0.2, 0.25) is 5.02 Å². The van der Waals surface area contributed by atoms with Gasteiger partial charge >= 0.3 is 6.18 Å². The Morgan fingerprint density at radius 3 is 2.43 bits per heavy atom. The Morgan fingerprint density at radius 1 is 1.07 bits per heavy atom. The summed E-state index contributed by atoms with van der Waals surface area (Å²) in [6.07, 6.45) is -2.29. The summed E-state index contributed by atoms with van der Waals surface area (Å²) in [6, 6.07) is 8.59. The number of alkyl halides is 3. The van der Waals surface area contributed by atoms with Gasteiger partial charge in [-0.15, -0.1) is 0 Å². The molecule has 0 atom stereocenters. The molecule has 1 heterocycles. The minimum atomic E-state index is -4.50. The zero-order chi connectivity index (χ0) is 21.9. The quantitative estimate of drug-likeness (QED) is 0.702. The molecule has 0 bridgehead atoms. The van der Waals surface area contributed by atoms with E-state index in [-0.39, 0.29) is 27.6 Å². The summed E-state index contributed by atoms with van der Waals surface area (Å²) in [6.45, 7) is 0.815. The predicted molar refractivity (Wildman–Crippen MR) is 108 cm³/mol. The summed E-state index contributed by atoms with van der Waals surface area (Å²) < 4.78 is 65.6. The van der Waals surface area contributed by atoms with E-state index >= 15 is 0 Å². The van der Waals surface area contributed by atoms with Crippen LogP contribution in [-0.2, 0) is 27.4 Å². The lowest BCUT2D eigenvalue weighted by Gasteiger charge is -2.26. The third-order valence-electron chi connectivity index (χ3n) is 4.77. The number of piperidine rings is 1. The monoisotopic (exact) mass is 460 g/mol. The molecule has 0 unspecified atom stereocenters. The number of hydrogen-bond donors (Lipinski definition) is 1. The van der Waals surface area contributed by atoms with Crippen molar-refractivity contribution in [3.05, 3.63) is 58.6 Å². The zero-order valence-electron chi connectivity index (χ0n) is 15.9. The molecule has 1 fully saturated rings. The number of anilines is 1. The van der Waals surface area contributed by atoms with Crippen LogP contribution in [0.4, 0.5) is 18.9 Å². The van der Waals surface area contributed by atoms with Crippen molar-refractivity contribution in [1.29, 1.82) is 0 Å². The van der Waals surface area contributed by atoms with E-state index in [1.807, 2.05) is 0 Å². The Labute approximate surface area is 177 Å². The number of amides is 1. The van der Waals surface area contributed by atoms with Gasteiger partial charge in [0.1, 0.15) is 4.90 Å². The number of carbonyl (C=O) groups is 1. The van der Waals surface area contributed by atoms with E-state index in [4.69, 9.17) is 11.6 Å². The summed E-state index contributed by atoms with van der Waals surface area (Å²) in [7, 11) is -3.81. The fourth-order valence-electron chi connectivity index (χ4n) is 3.27.